The van der Waals surface area contributed by atoms with Crippen molar-refractivity contribution in [3.05, 3.63) is 47.6 Å². The first-order valence-electron chi connectivity index (χ1n) is 6.50. The largest absolute Gasteiger partial charge is 0.339 e. The van der Waals surface area contributed by atoms with E-state index in [1.807, 2.05) is 44.2 Å². The fourth-order valence-corrected chi connectivity index (χ4v) is 1.91. The molecular weight excluding hydrogens is 240 g/mol. The van der Waals surface area contributed by atoms with Gasteiger partial charge in [0, 0.05) is 12.8 Å². The number of aromatic nitrogens is 2. The molecule has 1 heterocycles. The highest BCUT2D eigenvalue weighted by Crippen LogP contribution is 2.09. The van der Waals surface area contributed by atoms with Gasteiger partial charge in [0.25, 0.3) is 0 Å². The van der Waals surface area contributed by atoms with E-state index in [0.29, 0.717) is 30.5 Å². The van der Waals surface area contributed by atoms with Crippen LogP contribution in [0.5, 0.6) is 0 Å². The number of Topliss-reactive ketones (excluding diaryl/α,β-unsaturated/α-hetero) is 1. The maximum atomic E-state index is 11.7. The zero-order chi connectivity index (χ0) is 13.7. The molecule has 0 saturated heterocycles. The molecule has 2 rings (SSSR count). The van der Waals surface area contributed by atoms with Crippen LogP contribution in [0.2, 0.25) is 0 Å². The van der Waals surface area contributed by atoms with Crippen molar-refractivity contribution in [1.82, 2.24) is 10.1 Å². The standard InChI is InChI=1S/C15H18N2O2/c1-11(2)8-13(18)10-15-16-14(17-19-15)9-12-6-4-3-5-7-12/h3-7,11H,8-10H2,1-2H3. The highest BCUT2D eigenvalue weighted by Gasteiger charge is 2.12. The van der Waals surface area contributed by atoms with Crippen LogP contribution in [-0.2, 0) is 17.6 Å². The molecule has 0 atom stereocenters. The number of carbonyl (C=O) groups excluding carboxylic acids is 1. The quantitative estimate of drug-likeness (QED) is 0.799. The highest BCUT2D eigenvalue weighted by atomic mass is 16.5. The number of ketones is 1. The van der Waals surface area contributed by atoms with E-state index in [-0.39, 0.29) is 12.2 Å². The van der Waals surface area contributed by atoms with Gasteiger partial charge in [0.15, 0.2) is 5.82 Å². The van der Waals surface area contributed by atoms with Crippen molar-refractivity contribution < 1.29 is 9.32 Å². The molecule has 2 aromatic rings. The number of hydrogen-bond acceptors (Lipinski definition) is 4. The van der Waals surface area contributed by atoms with Crippen LogP contribution >= 0.6 is 0 Å². The predicted molar refractivity (Wildman–Crippen MR) is 71.7 cm³/mol. The van der Waals surface area contributed by atoms with Crippen molar-refractivity contribution in [1.29, 1.82) is 0 Å². The fourth-order valence-electron chi connectivity index (χ4n) is 1.91. The molecule has 19 heavy (non-hydrogen) atoms. The minimum Gasteiger partial charge on any atom is -0.339 e. The van der Waals surface area contributed by atoms with Gasteiger partial charge in [-0.1, -0.05) is 49.3 Å². The first kappa shape index (κ1) is 13.5. The third-order valence-corrected chi connectivity index (χ3v) is 2.70. The zero-order valence-corrected chi connectivity index (χ0v) is 11.3. The summed E-state index contributed by atoms with van der Waals surface area (Å²) in [5.74, 6) is 1.54. The lowest BCUT2D eigenvalue weighted by Crippen LogP contribution is -2.06. The van der Waals surface area contributed by atoms with E-state index in [0.717, 1.165) is 5.56 Å². The number of benzene rings is 1. The molecule has 4 nitrogen and oxygen atoms in total. The first-order chi connectivity index (χ1) is 9.13. The smallest absolute Gasteiger partial charge is 0.234 e. The Kier molecular flexibility index (Phi) is 4.44. The van der Waals surface area contributed by atoms with Crippen LogP contribution in [0.25, 0.3) is 0 Å². The van der Waals surface area contributed by atoms with E-state index in [4.69, 9.17) is 4.52 Å². The van der Waals surface area contributed by atoms with Crippen LogP contribution in [0.1, 0.15) is 37.5 Å². The Morgan fingerprint density at radius 2 is 2.00 bits per heavy atom. The second kappa shape index (κ2) is 6.27. The minimum absolute atomic E-state index is 0.143. The Morgan fingerprint density at radius 3 is 2.68 bits per heavy atom. The van der Waals surface area contributed by atoms with Crippen molar-refractivity contribution in [2.45, 2.75) is 33.1 Å². The van der Waals surface area contributed by atoms with E-state index in [2.05, 4.69) is 10.1 Å². The summed E-state index contributed by atoms with van der Waals surface area (Å²) >= 11 is 0. The Hall–Kier alpha value is -1.97. The zero-order valence-electron chi connectivity index (χ0n) is 11.3. The van der Waals surface area contributed by atoms with Gasteiger partial charge in [-0.3, -0.25) is 4.79 Å². The maximum Gasteiger partial charge on any atom is 0.234 e. The van der Waals surface area contributed by atoms with Crippen LogP contribution in [0, 0.1) is 5.92 Å². The van der Waals surface area contributed by atoms with Gasteiger partial charge in [0.2, 0.25) is 5.89 Å². The van der Waals surface area contributed by atoms with E-state index >= 15 is 0 Å². The molecule has 0 aliphatic carbocycles. The number of carbonyl (C=O) groups is 1. The Labute approximate surface area is 112 Å². The summed E-state index contributed by atoms with van der Waals surface area (Å²) in [7, 11) is 0. The molecule has 0 spiro atoms. The normalized spacial score (nSPS) is 10.9. The van der Waals surface area contributed by atoms with Crippen LogP contribution in [-0.4, -0.2) is 15.9 Å². The molecule has 0 radical (unpaired) electrons. The van der Waals surface area contributed by atoms with Gasteiger partial charge >= 0.3 is 0 Å². The molecule has 0 aliphatic heterocycles. The van der Waals surface area contributed by atoms with Gasteiger partial charge in [0.05, 0.1) is 6.42 Å². The molecule has 0 saturated carbocycles. The number of rotatable bonds is 6. The van der Waals surface area contributed by atoms with Gasteiger partial charge in [-0.05, 0) is 11.5 Å². The third-order valence-electron chi connectivity index (χ3n) is 2.70. The molecule has 0 fully saturated rings. The van der Waals surface area contributed by atoms with E-state index in [9.17, 15) is 4.79 Å². The van der Waals surface area contributed by atoms with Crippen molar-refractivity contribution in [3.8, 4) is 0 Å². The molecule has 1 aromatic carbocycles. The van der Waals surface area contributed by atoms with Gasteiger partial charge in [0.1, 0.15) is 5.78 Å². The van der Waals surface area contributed by atoms with E-state index in [1.165, 1.54) is 0 Å². The summed E-state index contributed by atoms with van der Waals surface area (Å²) in [4.78, 5) is 15.9. The van der Waals surface area contributed by atoms with Crippen molar-refractivity contribution in [3.63, 3.8) is 0 Å². The van der Waals surface area contributed by atoms with Crippen molar-refractivity contribution in [2.24, 2.45) is 5.92 Å². The second-order valence-corrected chi connectivity index (χ2v) is 5.08. The lowest BCUT2D eigenvalue weighted by molar-refractivity contribution is -0.119. The highest BCUT2D eigenvalue weighted by molar-refractivity contribution is 5.80. The van der Waals surface area contributed by atoms with Gasteiger partial charge < -0.3 is 4.52 Å². The van der Waals surface area contributed by atoms with Gasteiger partial charge in [-0.25, -0.2) is 0 Å². The SMILES string of the molecule is CC(C)CC(=O)Cc1nc(Cc2ccccc2)no1. The van der Waals surface area contributed by atoms with Gasteiger partial charge in [-0.2, -0.15) is 4.98 Å². The predicted octanol–water partition coefficient (Wildman–Crippen LogP) is 2.82. The molecule has 1 aromatic heterocycles. The summed E-state index contributed by atoms with van der Waals surface area (Å²) in [6.45, 7) is 4.04. The van der Waals surface area contributed by atoms with E-state index < -0.39 is 0 Å². The molecule has 0 bridgehead atoms. The summed E-state index contributed by atoms with van der Waals surface area (Å²) in [6.07, 6.45) is 1.42. The molecule has 0 N–H and O–H groups in total. The lowest BCUT2D eigenvalue weighted by atomic mass is 10.1. The summed E-state index contributed by atoms with van der Waals surface area (Å²) in [5, 5.41) is 3.91. The van der Waals surface area contributed by atoms with Crippen LogP contribution < -0.4 is 0 Å². The van der Waals surface area contributed by atoms with Crippen LogP contribution in [0.3, 0.4) is 0 Å². The first-order valence-corrected chi connectivity index (χ1v) is 6.50. The third kappa shape index (κ3) is 4.32. The molecule has 4 heteroatoms. The van der Waals surface area contributed by atoms with Crippen molar-refractivity contribution in [2.75, 3.05) is 0 Å². The Balaban J connectivity index is 1.94. The average molecular weight is 258 g/mol. The minimum atomic E-state index is 0.143. The van der Waals surface area contributed by atoms with Gasteiger partial charge in [-0.15, -0.1) is 0 Å². The molecule has 100 valence electrons. The van der Waals surface area contributed by atoms with Crippen molar-refractivity contribution >= 4 is 5.78 Å². The molecule has 0 aliphatic rings. The molecule has 0 unspecified atom stereocenters. The molecule has 0 amide bonds. The number of hydrogen-bond donors (Lipinski definition) is 0. The Morgan fingerprint density at radius 1 is 1.26 bits per heavy atom. The second-order valence-electron chi connectivity index (χ2n) is 5.08. The molecular formula is C15H18N2O2. The topological polar surface area (TPSA) is 56.0 Å². The average Bonchev–Trinajstić information content (AvgIpc) is 2.76. The fraction of sp³-hybridized carbons (Fsp3) is 0.400. The van der Waals surface area contributed by atoms with Crippen LogP contribution in [0.15, 0.2) is 34.9 Å². The number of nitrogens with zero attached hydrogens (tertiary/aromatic N) is 2. The van der Waals surface area contributed by atoms with E-state index in [1.54, 1.807) is 0 Å². The summed E-state index contributed by atoms with van der Waals surface area (Å²) in [6, 6.07) is 9.95. The summed E-state index contributed by atoms with van der Waals surface area (Å²) < 4.78 is 5.11. The van der Waals surface area contributed by atoms with Crippen LogP contribution in [0.4, 0.5) is 0 Å². The Bertz CT molecular complexity index is 532. The maximum absolute atomic E-state index is 11.7. The summed E-state index contributed by atoms with van der Waals surface area (Å²) in [5.41, 5.74) is 1.13. The lowest BCUT2D eigenvalue weighted by Gasteiger charge is -2.00. The monoisotopic (exact) mass is 258 g/mol.